The summed E-state index contributed by atoms with van der Waals surface area (Å²) >= 11 is 4.52. The maximum atomic E-state index is 13.6. The third-order valence-corrected chi connectivity index (χ3v) is 5.44. The summed E-state index contributed by atoms with van der Waals surface area (Å²) in [6, 6.07) is 4.97. The Labute approximate surface area is 172 Å². The molecule has 0 bridgehead atoms. The van der Waals surface area contributed by atoms with E-state index in [9.17, 15) is 31.1 Å². The molecule has 3 rings (SSSR count). The van der Waals surface area contributed by atoms with Crippen molar-refractivity contribution in [2.24, 2.45) is 0 Å². The van der Waals surface area contributed by atoms with Gasteiger partial charge in [0, 0.05) is 14.7 Å². The Morgan fingerprint density at radius 2 is 1.86 bits per heavy atom. The van der Waals surface area contributed by atoms with Crippen molar-refractivity contribution in [1.82, 2.24) is 15.1 Å². The molecule has 1 N–H and O–H groups in total. The Morgan fingerprint density at radius 1 is 1.14 bits per heavy atom. The zero-order chi connectivity index (χ0) is 21.4. The number of halogens is 7. The molecule has 1 amide bonds. The quantitative estimate of drug-likeness (QED) is 0.472. The van der Waals surface area contributed by atoms with Gasteiger partial charge in [-0.25, -0.2) is 4.68 Å². The van der Waals surface area contributed by atoms with Gasteiger partial charge in [0.2, 0.25) is 0 Å². The molecule has 0 spiro atoms. The molecule has 0 unspecified atom stereocenters. The third kappa shape index (κ3) is 4.81. The van der Waals surface area contributed by atoms with Crippen molar-refractivity contribution in [1.29, 1.82) is 0 Å². The van der Waals surface area contributed by atoms with Crippen LogP contribution in [0.25, 0.3) is 5.69 Å². The molecular formula is C17H10BrF6N3OS. The van der Waals surface area contributed by atoms with Crippen LogP contribution in [0.3, 0.4) is 0 Å². The zero-order valence-corrected chi connectivity index (χ0v) is 16.5. The van der Waals surface area contributed by atoms with E-state index in [1.165, 1.54) is 11.3 Å². The standard InChI is InChI=1S/C17H10BrF6N3OS/c18-10-5-12(29-8-10)6-25-15(28)13-7-26-27(14(13)17(22,23)24)11-3-1-2-9(4-11)16(19,20)21/h1-5,7-8H,6H2,(H,25,28). The number of hydrogen-bond donors (Lipinski definition) is 1. The number of rotatable bonds is 4. The Hall–Kier alpha value is -2.34. The highest BCUT2D eigenvalue weighted by Gasteiger charge is 2.41. The highest BCUT2D eigenvalue weighted by molar-refractivity contribution is 9.10. The van der Waals surface area contributed by atoms with Gasteiger partial charge >= 0.3 is 12.4 Å². The van der Waals surface area contributed by atoms with Gasteiger partial charge in [0.25, 0.3) is 5.91 Å². The summed E-state index contributed by atoms with van der Waals surface area (Å²) in [4.78, 5) is 13.0. The summed E-state index contributed by atoms with van der Waals surface area (Å²) in [5.41, 5.74) is -3.84. The van der Waals surface area contributed by atoms with E-state index in [1.807, 2.05) is 0 Å². The molecule has 2 aromatic heterocycles. The number of carbonyl (C=O) groups excluding carboxylic acids is 1. The highest BCUT2D eigenvalue weighted by atomic mass is 79.9. The van der Waals surface area contributed by atoms with Gasteiger partial charge in [-0.1, -0.05) is 6.07 Å². The number of benzene rings is 1. The second-order valence-electron chi connectivity index (χ2n) is 5.78. The van der Waals surface area contributed by atoms with Crippen LogP contribution in [0, 0.1) is 0 Å². The Morgan fingerprint density at radius 3 is 2.45 bits per heavy atom. The Kier molecular flexibility index (Phi) is 5.77. The molecule has 0 saturated heterocycles. The molecule has 0 fully saturated rings. The number of thiophene rings is 1. The fourth-order valence-corrected chi connectivity index (χ4v) is 3.90. The van der Waals surface area contributed by atoms with E-state index in [1.54, 1.807) is 11.4 Å². The smallest absolute Gasteiger partial charge is 0.347 e. The minimum atomic E-state index is -5.02. The average molecular weight is 498 g/mol. The molecule has 0 radical (unpaired) electrons. The summed E-state index contributed by atoms with van der Waals surface area (Å²) in [5.74, 6) is -1.04. The minimum absolute atomic E-state index is 0.0128. The summed E-state index contributed by atoms with van der Waals surface area (Å²) in [6.07, 6.45) is -9.08. The lowest BCUT2D eigenvalue weighted by atomic mass is 10.1. The van der Waals surface area contributed by atoms with Gasteiger partial charge in [0.05, 0.1) is 29.6 Å². The van der Waals surface area contributed by atoms with E-state index in [2.05, 4.69) is 26.3 Å². The molecule has 2 heterocycles. The molecule has 4 nitrogen and oxygen atoms in total. The van der Waals surface area contributed by atoms with Crippen LogP contribution < -0.4 is 5.32 Å². The summed E-state index contributed by atoms with van der Waals surface area (Å²) < 4.78 is 80.6. The molecule has 12 heteroatoms. The molecule has 3 aromatic rings. The van der Waals surface area contributed by atoms with Gasteiger partial charge in [-0.3, -0.25) is 4.79 Å². The van der Waals surface area contributed by atoms with Crippen LogP contribution >= 0.6 is 27.3 Å². The van der Waals surface area contributed by atoms with Crippen LogP contribution in [0.1, 0.15) is 26.5 Å². The second-order valence-corrected chi connectivity index (χ2v) is 7.69. The average Bonchev–Trinajstić information content (AvgIpc) is 3.25. The van der Waals surface area contributed by atoms with E-state index in [0.717, 1.165) is 22.7 Å². The lowest BCUT2D eigenvalue weighted by Crippen LogP contribution is -2.26. The van der Waals surface area contributed by atoms with Gasteiger partial charge in [-0.05, 0) is 40.2 Å². The molecule has 1 aromatic carbocycles. The molecule has 0 aliphatic carbocycles. The number of alkyl halides is 6. The van der Waals surface area contributed by atoms with Crippen molar-refractivity contribution in [3.8, 4) is 5.69 Å². The Bertz CT molecular complexity index is 1040. The van der Waals surface area contributed by atoms with Crippen LogP contribution in [0.5, 0.6) is 0 Å². The van der Waals surface area contributed by atoms with Crippen molar-refractivity contribution in [2.45, 2.75) is 18.9 Å². The molecular weight excluding hydrogens is 488 g/mol. The first-order valence-corrected chi connectivity index (χ1v) is 9.48. The molecule has 154 valence electrons. The minimum Gasteiger partial charge on any atom is -0.347 e. The molecule has 0 atom stereocenters. The second kappa shape index (κ2) is 7.82. The van der Waals surface area contributed by atoms with Gasteiger partial charge in [0.15, 0.2) is 5.69 Å². The van der Waals surface area contributed by atoms with E-state index >= 15 is 0 Å². The molecule has 29 heavy (non-hydrogen) atoms. The van der Waals surface area contributed by atoms with Crippen LogP contribution in [0.4, 0.5) is 26.3 Å². The monoisotopic (exact) mass is 497 g/mol. The first kappa shape index (κ1) is 21.4. The van der Waals surface area contributed by atoms with E-state index < -0.39 is 40.8 Å². The number of amides is 1. The van der Waals surface area contributed by atoms with Crippen LogP contribution in [0.15, 0.2) is 46.4 Å². The predicted octanol–water partition coefficient (Wildman–Crippen LogP) is 5.66. The van der Waals surface area contributed by atoms with Crippen molar-refractivity contribution < 1.29 is 31.1 Å². The van der Waals surface area contributed by atoms with E-state index in [-0.39, 0.29) is 11.2 Å². The largest absolute Gasteiger partial charge is 0.434 e. The maximum absolute atomic E-state index is 13.6. The fourth-order valence-electron chi connectivity index (χ4n) is 2.51. The lowest BCUT2D eigenvalue weighted by molar-refractivity contribution is -0.143. The van der Waals surface area contributed by atoms with Crippen LogP contribution in [-0.4, -0.2) is 15.7 Å². The zero-order valence-electron chi connectivity index (χ0n) is 14.1. The van der Waals surface area contributed by atoms with E-state index in [0.29, 0.717) is 17.1 Å². The first-order chi connectivity index (χ1) is 13.5. The summed E-state index contributed by atoms with van der Waals surface area (Å²) in [5, 5.41) is 7.62. The fraction of sp³-hybridized carbons (Fsp3) is 0.176. The van der Waals surface area contributed by atoms with Crippen molar-refractivity contribution in [3.05, 3.63) is 68.1 Å². The summed E-state index contributed by atoms with van der Waals surface area (Å²) in [7, 11) is 0. The van der Waals surface area contributed by atoms with Crippen molar-refractivity contribution in [2.75, 3.05) is 0 Å². The van der Waals surface area contributed by atoms with Gasteiger partial charge < -0.3 is 5.32 Å². The topological polar surface area (TPSA) is 46.9 Å². The van der Waals surface area contributed by atoms with Crippen LogP contribution in [-0.2, 0) is 18.9 Å². The number of hydrogen-bond acceptors (Lipinski definition) is 3. The molecule has 0 aliphatic rings. The first-order valence-electron chi connectivity index (χ1n) is 7.81. The highest BCUT2D eigenvalue weighted by Crippen LogP contribution is 2.35. The van der Waals surface area contributed by atoms with Gasteiger partial charge in [-0.15, -0.1) is 11.3 Å². The normalized spacial score (nSPS) is 12.2. The Balaban J connectivity index is 1.96. The van der Waals surface area contributed by atoms with Gasteiger partial charge in [-0.2, -0.15) is 31.4 Å². The summed E-state index contributed by atoms with van der Waals surface area (Å²) in [6.45, 7) is -0.0128. The van der Waals surface area contributed by atoms with E-state index in [4.69, 9.17) is 0 Å². The maximum Gasteiger partial charge on any atom is 0.434 e. The lowest BCUT2D eigenvalue weighted by Gasteiger charge is -2.14. The number of carbonyl (C=O) groups is 1. The third-order valence-electron chi connectivity index (χ3n) is 3.75. The predicted molar refractivity (Wildman–Crippen MR) is 96.8 cm³/mol. The number of nitrogens with zero attached hydrogens (tertiary/aromatic N) is 2. The van der Waals surface area contributed by atoms with Gasteiger partial charge in [0.1, 0.15) is 0 Å². The van der Waals surface area contributed by atoms with Crippen molar-refractivity contribution in [3.63, 3.8) is 0 Å². The van der Waals surface area contributed by atoms with Crippen LogP contribution in [0.2, 0.25) is 0 Å². The SMILES string of the molecule is O=C(NCc1cc(Br)cs1)c1cnn(-c2cccc(C(F)(F)F)c2)c1C(F)(F)F. The molecule has 0 saturated carbocycles. The molecule has 0 aliphatic heterocycles. The van der Waals surface area contributed by atoms with Crippen molar-refractivity contribution >= 4 is 33.2 Å². The number of aromatic nitrogens is 2. The number of nitrogens with one attached hydrogen (secondary N) is 1.